The van der Waals surface area contributed by atoms with E-state index in [9.17, 15) is 0 Å². The first-order valence-electron chi connectivity index (χ1n) is 5.72. The van der Waals surface area contributed by atoms with Gasteiger partial charge in [-0.3, -0.25) is 0 Å². The fourth-order valence-corrected chi connectivity index (χ4v) is 1.49. The van der Waals surface area contributed by atoms with Crippen LogP contribution >= 0.6 is 0 Å². The first-order chi connectivity index (χ1) is 7.48. The Morgan fingerprint density at radius 3 is 2.44 bits per heavy atom. The first kappa shape index (κ1) is 12.7. The minimum atomic E-state index is -0.311. The van der Waals surface area contributed by atoms with Gasteiger partial charge in [-0.1, -0.05) is 19.9 Å². The molecule has 0 fully saturated rings. The number of nitrogens with two attached hydrogens (primary N) is 1. The number of hydrogen-bond donors (Lipinski definition) is 1. The van der Waals surface area contributed by atoms with Gasteiger partial charge in [-0.15, -0.1) is 0 Å². The second-order valence-electron chi connectivity index (χ2n) is 4.30. The maximum absolute atomic E-state index is 6.01. The Morgan fingerprint density at radius 1 is 1.25 bits per heavy atom. The van der Waals surface area contributed by atoms with Crippen LogP contribution in [-0.2, 0) is 5.54 Å². The smallest absolute Gasteiger partial charge is 0.0690 e. The molecule has 3 heteroatoms. The highest BCUT2D eigenvalue weighted by Crippen LogP contribution is 2.18. The molecule has 0 aliphatic carbocycles. The van der Waals surface area contributed by atoms with E-state index in [4.69, 9.17) is 5.73 Å². The monoisotopic (exact) mass is 219 g/mol. The van der Waals surface area contributed by atoms with Crippen molar-refractivity contribution >= 4 is 5.52 Å². The lowest BCUT2D eigenvalue weighted by Gasteiger charge is -2.18. The number of aromatic nitrogens is 2. The molecule has 0 radical (unpaired) electrons. The average Bonchev–Trinajstić information content (AvgIpc) is 2.62. The van der Waals surface area contributed by atoms with Gasteiger partial charge in [0.05, 0.1) is 11.7 Å². The summed E-state index contributed by atoms with van der Waals surface area (Å²) in [5, 5.41) is 4.25. The molecule has 0 bridgehead atoms. The lowest BCUT2D eigenvalue weighted by molar-refractivity contribution is 0.550. The van der Waals surface area contributed by atoms with Crippen molar-refractivity contribution in [2.24, 2.45) is 5.73 Å². The summed E-state index contributed by atoms with van der Waals surface area (Å²) < 4.78 is 1.87. The summed E-state index contributed by atoms with van der Waals surface area (Å²) >= 11 is 0. The Morgan fingerprint density at radius 2 is 1.88 bits per heavy atom. The number of hydrogen-bond acceptors (Lipinski definition) is 2. The third-order valence-electron chi connectivity index (χ3n) is 2.45. The van der Waals surface area contributed by atoms with E-state index in [2.05, 4.69) is 24.2 Å². The van der Waals surface area contributed by atoms with E-state index < -0.39 is 0 Å². The summed E-state index contributed by atoms with van der Waals surface area (Å²) in [6, 6.07) is 4.12. The first-order valence-corrected chi connectivity index (χ1v) is 5.72. The largest absolute Gasteiger partial charge is 0.322 e. The van der Waals surface area contributed by atoms with Crippen molar-refractivity contribution in [3.05, 3.63) is 35.7 Å². The molecule has 2 heterocycles. The SMILES string of the molecule is CC.Cc1cnn2cc(C(C)(C)N)ccc12. The highest BCUT2D eigenvalue weighted by Gasteiger charge is 2.14. The van der Waals surface area contributed by atoms with E-state index in [1.54, 1.807) is 0 Å². The molecule has 0 aliphatic rings. The molecule has 0 unspecified atom stereocenters. The van der Waals surface area contributed by atoms with Crippen LogP contribution in [0, 0.1) is 6.92 Å². The predicted octanol–water partition coefficient (Wildman–Crippen LogP) is 2.86. The van der Waals surface area contributed by atoms with Gasteiger partial charge in [-0.2, -0.15) is 5.10 Å². The summed E-state index contributed by atoms with van der Waals surface area (Å²) in [5.74, 6) is 0. The third-order valence-corrected chi connectivity index (χ3v) is 2.45. The van der Waals surface area contributed by atoms with Crippen molar-refractivity contribution in [2.75, 3.05) is 0 Å². The van der Waals surface area contributed by atoms with Crippen molar-refractivity contribution < 1.29 is 0 Å². The number of aryl methyl sites for hydroxylation is 1. The van der Waals surface area contributed by atoms with Crippen LogP contribution in [0.25, 0.3) is 5.52 Å². The van der Waals surface area contributed by atoms with Crippen LogP contribution in [0.1, 0.15) is 38.8 Å². The van der Waals surface area contributed by atoms with E-state index in [1.807, 2.05) is 44.6 Å². The third kappa shape index (κ3) is 2.42. The standard InChI is InChI=1S/C11H15N3.C2H6/c1-8-6-13-14-7-9(11(2,3)12)4-5-10(8)14;1-2/h4-7H,12H2,1-3H3;1-2H3. The second-order valence-corrected chi connectivity index (χ2v) is 4.30. The van der Waals surface area contributed by atoms with Crippen LogP contribution in [0.5, 0.6) is 0 Å². The van der Waals surface area contributed by atoms with Crippen LogP contribution in [0.2, 0.25) is 0 Å². The molecule has 0 saturated heterocycles. The topological polar surface area (TPSA) is 43.3 Å². The molecule has 2 rings (SSSR count). The van der Waals surface area contributed by atoms with Gasteiger partial charge >= 0.3 is 0 Å². The summed E-state index contributed by atoms with van der Waals surface area (Å²) in [5.41, 5.74) is 9.12. The van der Waals surface area contributed by atoms with Crippen LogP contribution in [-0.4, -0.2) is 9.61 Å². The van der Waals surface area contributed by atoms with Crippen molar-refractivity contribution in [1.29, 1.82) is 0 Å². The molecule has 0 aliphatic heterocycles. The Labute approximate surface area is 97.3 Å². The van der Waals surface area contributed by atoms with Crippen molar-refractivity contribution in [2.45, 2.75) is 40.2 Å². The fraction of sp³-hybridized carbons (Fsp3) is 0.462. The minimum absolute atomic E-state index is 0.311. The van der Waals surface area contributed by atoms with Crippen molar-refractivity contribution in [3.63, 3.8) is 0 Å². The quantitative estimate of drug-likeness (QED) is 0.801. The van der Waals surface area contributed by atoms with E-state index in [0.717, 1.165) is 11.1 Å². The Balaban J connectivity index is 0.000000606. The van der Waals surface area contributed by atoms with Crippen LogP contribution < -0.4 is 5.73 Å². The maximum Gasteiger partial charge on any atom is 0.0690 e. The van der Waals surface area contributed by atoms with Crippen molar-refractivity contribution in [3.8, 4) is 0 Å². The van der Waals surface area contributed by atoms with Gasteiger partial charge in [0.15, 0.2) is 0 Å². The summed E-state index contributed by atoms with van der Waals surface area (Å²) in [4.78, 5) is 0. The molecule has 0 aromatic carbocycles. The second kappa shape index (κ2) is 4.66. The molecule has 88 valence electrons. The van der Waals surface area contributed by atoms with Crippen molar-refractivity contribution in [1.82, 2.24) is 9.61 Å². The molecule has 0 spiro atoms. The Kier molecular flexibility index (Phi) is 3.70. The summed E-state index contributed by atoms with van der Waals surface area (Å²) in [7, 11) is 0. The zero-order valence-corrected chi connectivity index (χ0v) is 10.8. The molecular formula is C13H21N3. The van der Waals surface area contributed by atoms with Crippen LogP contribution in [0.4, 0.5) is 0 Å². The van der Waals surface area contributed by atoms with Gasteiger partial charge in [0.2, 0.25) is 0 Å². The molecular weight excluding hydrogens is 198 g/mol. The Bertz CT molecular complexity index is 463. The van der Waals surface area contributed by atoms with Gasteiger partial charge in [-0.25, -0.2) is 4.52 Å². The highest BCUT2D eigenvalue weighted by atomic mass is 15.2. The zero-order chi connectivity index (χ0) is 12.3. The van der Waals surface area contributed by atoms with Gasteiger partial charge in [0, 0.05) is 11.7 Å². The van der Waals surface area contributed by atoms with Gasteiger partial charge in [-0.05, 0) is 38.0 Å². The molecule has 16 heavy (non-hydrogen) atoms. The van der Waals surface area contributed by atoms with E-state index in [0.29, 0.717) is 0 Å². The molecule has 2 aromatic heterocycles. The van der Waals surface area contributed by atoms with Gasteiger partial charge < -0.3 is 5.73 Å². The molecule has 0 saturated carbocycles. The lowest BCUT2D eigenvalue weighted by atomic mass is 9.97. The highest BCUT2D eigenvalue weighted by molar-refractivity contribution is 5.53. The minimum Gasteiger partial charge on any atom is -0.322 e. The number of nitrogens with zero attached hydrogens (tertiary/aromatic N) is 2. The molecule has 0 atom stereocenters. The summed E-state index contributed by atoms with van der Waals surface area (Å²) in [6.07, 6.45) is 3.85. The van der Waals surface area contributed by atoms with E-state index in [1.165, 1.54) is 5.56 Å². The average molecular weight is 219 g/mol. The van der Waals surface area contributed by atoms with Gasteiger partial charge in [0.1, 0.15) is 0 Å². The van der Waals surface area contributed by atoms with Crippen LogP contribution in [0.15, 0.2) is 24.5 Å². The molecule has 2 aromatic rings. The summed E-state index contributed by atoms with van der Waals surface area (Å²) in [6.45, 7) is 10.0. The molecule has 3 nitrogen and oxygen atoms in total. The van der Waals surface area contributed by atoms with E-state index in [-0.39, 0.29) is 5.54 Å². The number of pyridine rings is 1. The zero-order valence-electron chi connectivity index (χ0n) is 10.8. The van der Waals surface area contributed by atoms with E-state index >= 15 is 0 Å². The number of fused-ring (bicyclic) bond motifs is 1. The lowest BCUT2D eigenvalue weighted by Crippen LogP contribution is -2.28. The predicted molar refractivity (Wildman–Crippen MR) is 68.5 cm³/mol. The molecule has 0 amide bonds. The normalized spacial score (nSPS) is 11.1. The molecule has 2 N–H and O–H groups in total. The van der Waals surface area contributed by atoms with Crippen LogP contribution in [0.3, 0.4) is 0 Å². The fourth-order valence-electron chi connectivity index (χ4n) is 1.49. The Hall–Kier alpha value is -1.35. The van der Waals surface area contributed by atoms with Gasteiger partial charge in [0.25, 0.3) is 0 Å². The number of rotatable bonds is 1. The maximum atomic E-state index is 6.01.